The molecule has 2 aliphatic rings. The number of fused-ring (bicyclic) bond motifs is 2. The van der Waals surface area contributed by atoms with E-state index in [9.17, 15) is 0 Å². The van der Waals surface area contributed by atoms with Gasteiger partial charge in [-0.15, -0.1) is 0 Å². The van der Waals surface area contributed by atoms with Crippen LogP contribution in [0.4, 0.5) is 0 Å². The Kier molecular flexibility index (Phi) is 3.44. The third kappa shape index (κ3) is 2.53. The van der Waals surface area contributed by atoms with Crippen molar-refractivity contribution in [3.63, 3.8) is 0 Å². The minimum atomic E-state index is 0.761. The van der Waals surface area contributed by atoms with Gasteiger partial charge in [0.1, 0.15) is 0 Å². The Balaban J connectivity index is 1.76. The van der Waals surface area contributed by atoms with Gasteiger partial charge in [0.25, 0.3) is 0 Å². The fraction of sp³-hybridized carbons (Fsp3) is 0.600. The Morgan fingerprint density at radius 3 is 2.76 bits per heavy atom. The molecule has 2 aliphatic heterocycles. The predicted molar refractivity (Wildman–Crippen MR) is 70.9 cm³/mol. The van der Waals surface area contributed by atoms with Crippen LogP contribution in [-0.4, -0.2) is 30.1 Å². The molecule has 2 fully saturated rings. The number of piperidine rings is 1. The third-order valence-corrected chi connectivity index (χ3v) is 4.26. The highest BCUT2D eigenvalue weighted by atomic mass is 15.2. The van der Waals surface area contributed by atoms with Crippen LogP contribution in [-0.2, 0) is 6.54 Å². The second kappa shape index (κ2) is 5.19. The second-order valence-corrected chi connectivity index (χ2v) is 5.39. The van der Waals surface area contributed by atoms with Crippen molar-refractivity contribution < 1.29 is 0 Å². The van der Waals surface area contributed by atoms with Crippen LogP contribution >= 0.6 is 0 Å². The monoisotopic (exact) mass is 230 g/mol. The van der Waals surface area contributed by atoms with Crippen LogP contribution in [0.1, 0.15) is 31.2 Å². The molecule has 1 aromatic rings. The SMILES string of the molecule is c1ccc(CN2[C@@H]3CCC[C@H]2CNCC3)cc1. The molecule has 2 heterocycles. The lowest BCUT2D eigenvalue weighted by Crippen LogP contribution is -2.47. The standard InChI is InChI=1S/C15H22N2/c1-2-5-13(6-3-1)12-17-14-7-4-8-15(17)11-16-10-9-14/h1-3,5-6,14-16H,4,7-12H2/t14-,15+/m1/s1. The lowest BCUT2D eigenvalue weighted by atomic mass is 9.94. The molecule has 0 amide bonds. The van der Waals surface area contributed by atoms with Crippen LogP contribution in [0.15, 0.2) is 30.3 Å². The number of nitrogens with zero attached hydrogens (tertiary/aromatic N) is 1. The molecule has 0 radical (unpaired) electrons. The number of rotatable bonds is 2. The van der Waals surface area contributed by atoms with E-state index in [0.717, 1.165) is 18.6 Å². The quantitative estimate of drug-likeness (QED) is 0.839. The van der Waals surface area contributed by atoms with E-state index >= 15 is 0 Å². The van der Waals surface area contributed by atoms with Crippen molar-refractivity contribution in [2.24, 2.45) is 0 Å². The van der Waals surface area contributed by atoms with Crippen LogP contribution in [0.3, 0.4) is 0 Å². The van der Waals surface area contributed by atoms with E-state index in [-0.39, 0.29) is 0 Å². The van der Waals surface area contributed by atoms with Gasteiger partial charge in [-0.1, -0.05) is 36.8 Å². The van der Waals surface area contributed by atoms with Gasteiger partial charge in [0, 0.05) is 25.2 Å². The summed E-state index contributed by atoms with van der Waals surface area (Å²) < 4.78 is 0. The summed E-state index contributed by atoms with van der Waals surface area (Å²) in [6.07, 6.45) is 5.51. The fourth-order valence-corrected chi connectivity index (χ4v) is 3.34. The summed E-state index contributed by atoms with van der Waals surface area (Å²) in [5.74, 6) is 0. The Bertz CT molecular complexity index is 335. The van der Waals surface area contributed by atoms with E-state index in [2.05, 4.69) is 40.5 Å². The van der Waals surface area contributed by atoms with Gasteiger partial charge in [-0.25, -0.2) is 0 Å². The van der Waals surface area contributed by atoms with Gasteiger partial charge in [-0.2, -0.15) is 0 Å². The Morgan fingerprint density at radius 2 is 1.88 bits per heavy atom. The van der Waals surface area contributed by atoms with E-state index in [1.54, 1.807) is 0 Å². The molecule has 0 saturated carbocycles. The molecular weight excluding hydrogens is 208 g/mol. The largest absolute Gasteiger partial charge is 0.315 e. The van der Waals surface area contributed by atoms with Crippen molar-refractivity contribution in [1.29, 1.82) is 0 Å². The Morgan fingerprint density at radius 1 is 1.06 bits per heavy atom. The highest BCUT2D eigenvalue weighted by molar-refractivity contribution is 5.15. The molecule has 0 spiro atoms. The maximum Gasteiger partial charge on any atom is 0.0240 e. The molecule has 17 heavy (non-hydrogen) atoms. The lowest BCUT2D eigenvalue weighted by molar-refractivity contribution is 0.0852. The van der Waals surface area contributed by atoms with E-state index < -0.39 is 0 Å². The van der Waals surface area contributed by atoms with Crippen molar-refractivity contribution >= 4 is 0 Å². The molecule has 2 heteroatoms. The molecule has 1 aromatic carbocycles. The highest BCUT2D eigenvalue weighted by Gasteiger charge is 2.31. The zero-order valence-corrected chi connectivity index (χ0v) is 10.4. The van der Waals surface area contributed by atoms with Gasteiger partial charge >= 0.3 is 0 Å². The summed E-state index contributed by atoms with van der Waals surface area (Å²) in [7, 11) is 0. The van der Waals surface area contributed by atoms with Crippen molar-refractivity contribution in [3.05, 3.63) is 35.9 Å². The number of hydrogen-bond acceptors (Lipinski definition) is 2. The van der Waals surface area contributed by atoms with Gasteiger partial charge in [0.15, 0.2) is 0 Å². The molecule has 0 aromatic heterocycles. The number of nitrogens with one attached hydrogen (secondary N) is 1. The number of benzene rings is 1. The first kappa shape index (κ1) is 11.2. The van der Waals surface area contributed by atoms with Gasteiger partial charge in [-0.05, 0) is 31.4 Å². The lowest BCUT2D eigenvalue weighted by Gasteiger charge is -2.40. The molecule has 2 saturated heterocycles. The summed E-state index contributed by atoms with van der Waals surface area (Å²) >= 11 is 0. The summed E-state index contributed by atoms with van der Waals surface area (Å²) in [5, 5.41) is 3.59. The molecule has 1 N–H and O–H groups in total. The van der Waals surface area contributed by atoms with E-state index in [1.165, 1.54) is 44.3 Å². The first-order chi connectivity index (χ1) is 8.43. The first-order valence-electron chi connectivity index (χ1n) is 6.94. The van der Waals surface area contributed by atoms with Gasteiger partial charge in [0.05, 0.1) is 0 Å². The average molecular weight is 230 g/mol. The molecule has 3 rings (SSSR count). The Labute approximate surface area is 104 Å². The van der Waals surface area contributed by atoms with Crippen LogP contribution < -0.4 is 5.32 Å². The number of hydrogen-bond donors (Lipinski definition) is 1. The second-order valence-electron chi connectivity index (χ2n) is 5.39. The van der Waals surface area contributed by atoms with Crippen LogP contribution in [0, 0.1) is 0 Å². The minimum Gasteiger partial charge on any atom is -0.315 e. The molecule has 2 atom stereocenters. The van der Waals surface area contributed by atoms with Gasteiger partial charge in [0.2, 0.25) is 0 Å². The topological polar surface area (TPSA) is 15.3 Å². The smallest absolute Gasteiger partial charge is 0.0240 e. The normalized spacial score (nSPS) is 29.9. The maximum atomic E-state index is 3.59. The fourth-order valence-electron chi connectivity index (χ4n) is 3.34. The van der Waals surface area contributed by atoms with E-state index in [4.69, 9.17) is 0 Å². The van der Waals surface area contributed by atoms with Crippen molar-refractivity contribution in [2.75, 3.05) is 13.1 Å². The van der Waals surface area contributed by atoms with Crippen LogP contribution in [0.5, 0.6) is 0 Å². The average Bonchev–Trinajstić information content (AvgIpc) is 2.49. The molecule has 0 aliphatic carbocycles. The summed E-state index contributed by atoms with van der Waals surface area (Å²) in [4.78, 5) is 2.75. The first-order valence-corrected chi connectivity index (χ1v) is 6.94. The summed E-state index contributed by atoms with van der Waals surface area (Å²) in [6.45, 7) is 3.52. The van der Waals surface area contributed by atoms with E-state index in [1.807, 2.05) is 0 Å². The van der Waals surface area contributed by atoms with Gasteiger partial charge < -0.3 is 5.32 Å². The minimum absolute atomic E-state index is 0.761. The maximum absolute atomic E-state index is 3.59. The van der Waals surface area contributed by atoms with E-state index in [0.29, 0.717) is 0 Å². The molecule has 2 bridgehead atoms. The van der Waals surface area contributed by atoms with Crippen molar-refractivity contribution in [1.82, 2.24) is 10.2 Å². The predicted octanol–water partition coefficient (Wildman–Crippen LogP) is 2.40. The molecule has 2 nitrogen and oxygen atoms in total. The van der Waals surface area contributed by atoms with Crippen molar-refractivity contribution in [2.45, 2.75) is 44.3 Å². The molecule has 0 unspecified atom stereocenters. The molecule has 92 valence electrons. The highest BCUT2D eigenvalue weighted by Crippen LogP contribution is 2.28. The zero-order chi connectivity index (χ0) is 11.5. The van der Waals surface area contributed by atoms with Gasteiger partial charge in [-0.3, -0.25) is 4.90 Å². The van der Waals surface area contributed by atoms with Crippen LogP contribution in [0.25, 0.3) is 0 Å². The third-order valence-electron chi connectivity index (χ3n) is 4.26. The summed E-state index contributed by atoms with van der Waals surface area (Å²) in [5.41, 5.74) is 1.46. The van der Waals surface area contributed by atoms with Crippen LogP contribution in [0.2, 0.25) is 0 Å². The Hall–Kier alpha value is -0.860. The summed E-state index contributed by atoms with van der Waals surface area (Å²) in [6, 6.07) is 12.5. The molecular formula is C15H22N2. The van der Waals surface area contributed by atoms with Crippen molar-refractivity contribution in [3.8, 4) is 0 Å². The zero-order valence-electron chi connectivity index (χ0n) is 10.4.